The Morgan fingerprint density at radius 2 is 2.29 bits per heavy atom. The zero-order valence-electron chi connectivity index (χ0n) is 9.97. The van der Waals surface area contributed by atoms with Gasteiger partial charge in [0, 0.05) is 13.5 Å². The van der Waals surface area contributed by atoms with Crippen LogP contribution in [0.3, 0.4) is 0 Å². The van der Waals surface area contributed by atoms with Crippen LogP contribution in [0.2, 0.25) is 0 Å². The van der Waals surface area contributed by atoms with Gasteiger partial charge in [0.2, 0.25) is 11.8 Å². The maximum atomic E-state index is 11.9. The highest BCUT2D eigenvalue weighted by Crippen LogP contribution is 2.17. The molecule has 1 aromatic rings. The van der Waals surface area contributed by atoms with E-state index in [0.717, 1.165) is 5.76 Å². The lowest BCUT2D eigenvalue weighted by Gasteiger charge is -2.29. The molecule has 0 bridgehead atoms. The molecule has 1 aliphatic heterocycles. The van der Waals surface area contributed by atoms with E-state index in [1.165, 1.54) is 11.9 Å². The Hall–Kier alpha value is -1.62. The maximum absolute atomic E-state index is 11.9. The maximum Gasteiger partial charge on any atom is 0.246 e. The van der Waals surface area contributed by atoms with Gasteiger partial charge in [-0.15, -0.1) is 0 Å². The summed E-state index contributed by atoms with van der Waals surface area (Å²) in [5, 5.41) is 3.18. The molecule has 5 heteroatoms. The van der Waals surface area contributed by atoms with Gasteiger partial charge in [-0.25, -0.2) is 0 Å². The van der Waals surface area contributed by atoms with Crippen LogP contribution in [-0.2, 0) is 9.59 Å². The number of hydrogen-bond acceptors (Lipinski definition) is 4. The summed E-state index contributed by atoms with van der Waals surface area (Å²) in [6.45, 7) is 1.93. The predicted octanol–water partition coefficient (Wildman–Crippen LogP) is 1.08. The molecular formula is C12H16N2O3. The Morgan fingerprint density at radius 1 is 1.53 bits per heavy atom. The van der Waals surface area contributed by atoms with Crippen LogP contribution in [0.25, 0.3) is 0 Å². The van der Waals surface area contributed by atoms with Gasteiger partial charge >= 0.3 is 0 Å². The number of imide groups is 1. The number of likely N-dealkylation sites (tertiary alicyclic amines) is 1. The number of furan rings is 1. The van der Waals surface area contributed by atoms with E-state index in [2.05, 4.69) is 5.32 Å². The summed E-state index contributed by atoms with van der Waals surface area (Å²) < 4.78 is 5.27. The number of nitrogens with zero attached hydrogens (tertiary/aromatic N) is 1. The summed E-state index contributed by atoms with van der Waals surface area (Å²) in [5.41, 5.74) is 0. The van der Waals surface area contributed by atoms with Crippen LogP contribution in [-0.4, -0.2) is 29.8 Å². The molecule has 0 aromatic carbocycles. The second kappa shape index (κ2) is 4.71. The monoisotopic (exact) mass is 236 g/mol. The molecule has 1 saturated heterocycles. The topological polar surface area (TPSA) is 62.6 Å². The zero-order chi connectivity index (χ0) is 12.4. The lowest BCUT2D eigenvalue weighted by atomic mass is 10.0. The molecule has 2 unspecified atom stereocenters. The molecule has 92 valence electrons. The van der Waals surface area contributed by atoms with Crippen LogP contribution in [0.4, 0.5) is 0 Å². The number of hydrogen-bond donors (Lipinski definition) is 1. The molecule has 2 heterocycles. The average molecular weight is 236 g/mol. The summed E-state index contributed by atoms with van der Waals surface area (Å²) in [7, 11) is 1.52. The van der Waals surface area contributed by atoms with Crippen molar-refractivity contribution in [3.8, 4) is 0 Å². The summed E-state index contributed by atoms with van der Waals surface area (Å²) in [4.78, 5) is 24.4. The molecule has 1 N–H and O–H groups in total. The van der Waals surface area contributed by atoms with E-state index in [9.17, 15) is 9.59 Å². The molecule has 2 amide bonds. The van der Waals surface area contributed by atoms with Crippen molar-refractivity contribution in [2.24, 2.45) is 0 Å². The van der Waals surface area contributed by atoms with Crippen molar-refractivity contribution < 1.29 is 14.0 Å². The van der Waals surface area contributed by atoms with E-state index < -0.39 is 0 Å². The number of amides is 2. The Labute approximate surface area is 99.8 Å². The van der Waals surface area contributed by atoms with E-state index >= 15 is 0 Å². The third-order valence-corrected chi connectivity index (χ3v) is 3.07. The van der Waals surface area contributed by atoms with E-state index in [-0.39, 0.29) is 23.9 Å². The minimum absolute atomic E-state index is 0.0412. The smallest absolute Gasteiger partial charge is 0.246 e. The van der Waals surface area contributed by atoms with E-state index in [4.69, 9.17) is 4.42 Å². The van der Waals surface area contributed by atoms with E-state index in [1.807, 2.05) is 19.1 Å². The third kappa shape index (κ3) is 2.39. The lowest BCUT2D eigenvalue weighted by Crippen LogP contribution is -2.51. The van der Waals surface area contributed by atoms with Crippen molar-refractivity contribution in [2.75, 3.05) is 7.05 Å². The first-order chi connectivity index (χ1) is 8.09. The summed E-state index contributed by atoms with van der Waals surface area (Å²) in [5.74, 6) is 0.510. The molecule has 2 atom stereocenters. The number of carbonyl (C=O) groups is 2. The molecule has 1 aromatic heterocycles. The van der Waals surface area contributed by atoms with Gasteiger partial charge in [-0.1, -0.05) is 0 Å². The first kappa shape index (κ1) is 11.9. The molecule has 2 rings (SSSR count). The van der Waals surface area contributed by atoms with Crippen LogP contribution in [0.15, 0.2) is 22.8 Å². The average Bonchev–Trinajstić information content (AvgIpc) is 2.83. The van der Waals surface area contributed by atoms with Crippen LogP contribution in [0.5, 0.6) is 0 Å². The molecule has 0 radical (unpaired) electrons. The predicted molar refractivity (Wildman–Crippen MR) is 61.1 cm³/mol. The Balaban J connectivity index is 2.00. The van der Waals surface area contributed by atoms with Crippen molar-refractivity contribution in [3.05, 3.63) is 24.2 Å². The molecule has 17 heavy (non-hydrogen) atoms. The molecular weight excluding hydrogens is 220 g/mol. The SMILES string of the molecule is CC(NC1CCC(=O)N(C)C1=O)c1ccco1. The number of piperidine rings is 1. The third-order valence-electron chi connectivity index (χ3n) is 3.07. The van der Waals surface area contributed by atoms with E-state index in [1.54, 1.807) is 6.26 Å². The summed E-state index contributed by atoms with van der Waals surface area (Å²) in [6, 6.07) is 3.32. The van der Waals surface area contributed by atoms with Crippen LogP contribution < -0.4 is 5.32 Å². The van der Waals surface area contributed by atoms with Crippen molar-refractivity contribution in [2.45, 2.75) is 31.8 Å². The number of nitrogens with one attached hydrogen (secondary N) is 1. The van der Waals surface area contributed by atoms with Crippen molar-refractivity contribution in [1.82, 2.24) is 10.2 Å². The van der Waals surface area contributed by atoms with Crippen LogP contribution in [0, 0.1) is 0 Å². The second-order valence-corrected chi connectivity index (χ2v) is 4.29. The van der Waals surface area contributed by atoms with Crippen LogP contribution >= 0.6 is 0 Å². The Kier molecular flexibility index (Phi) is 3.28. The number of carbonyl (C=O) groups excluding carboxylic acids is 2. The Morgan fingerprint density at radius 3 is 2.94 bits per heavy atom. The first-order valence-corrected chi connectivity index (χ1v) is 5.69. The van der Waals surface area contributed by atoms with Gasteiger partial charge in [-0.2, -0.15) is 0 Å². The van der Waals surface area contributed by atoms with Gasteiger partial charge in [0.1, 0.15) is 5.76 Å². The fraction of sp³-hybridized carbons (Fsp3) is 0.500. The van der Waals surface area contributed by atoms with Gasteiger partial charge in [0.15, 0.2) is 0 Å². The molecule has 0 aliphatic carbocycles. The fourth-order valence-electron chi connectivity index (χ4n) is 1.99. The molecule has 1 fully saturated rings. The standard InChI is InChI=1S/C12H16N2O3/c1-8(10-4-3-7-17-10)13-9-5-6-11(15)14(2)12(9)16/h3-4,7-9,13H,5-6H2,1-2H3. The highest BCUT2D eigenvalue weighted by atomic mass is 16.3. The van der Waals surface area contributed by atoms with Crippen molar-refractivity contribution >= 4 is 11.8 Å². The molecule has 5 nitrogen and oxygen atoms in total. The quantitative estimate of drug-likeness (QED) is 0.798. The van der Waals surface area contributed by atoms with Gasteiger partial charge < -0.3 is 4.42 Å². The number of rotatable bonds is 3. The molecule has 0 saturated carbocycles. The Bertz CT molecular complexity index is 413. The van der Waals surface area contributed by atoms with Crippen LogP contribution in [0.1, 0.15) is 31.6 Å². The highest BCUT2D eigenvalue weighted by Gasteiger charge is 2.32. The van der Waals surface area contributed by atoms with Gasteiger partial charge in [0.05, 0.1) is 18.3 Å². The van der Waals surface area contributed by atoms with Gasteiger partial charge in [0.25, 0.3) is 0 Å². The van der Waals surface area contributed by atoms with E-state index in [0.29, 0.717) is 12.8 Å². The highest BCUT2D eigenvalue weighted by molar-refractivity contribution is 6.00. The molecule has 1 aliphatic rings. The largest absolute Gasteiger partial charge is 0.468 e. The van der Waals surface area contributed by atoms with Gasteiger partial charge in [-0.3, -0.25) is 19.8 Å². The minimum Gasteiger partial charge on any atom is -0.468 e. The van der Waals surface area contributed by atoms with Gasteiger partial charge in [-0.05, 0) is 25.5 Å². The normalized spacial score (nSPS) is 22.9. The zero-order valence-corrected chi connectivity index (χ0v) is 9.97. The summed E-state index contributed by atoms with van der Waals surface area (Å²) >= 11 is 0. The first-order valence-electron chi connectivity index (χ1n) is 5.69. The number of likely N-dealkylation sites (N-methyl/N-ethyl adjacent to an activating group) is 1. The summed E-state index contributed by atoms with van der Waals surface area (Å²) in [6.07, 6.45) is 2.56. The molecule has 0 spiro atoms. The second-order valence-electron chi connectivity index (χ2n) is 4.29. The van der Waals surface area contributed by atoms with Crippen molar-refractivity contribution in [1.29, 1.82) is 0 Å². The van der Waals surface area contributed by atoms with Crippen molar-refractivity contribution in [3.63, 3.8) is 0 Å². The lowest BCUT2D eigenvalue weighted by molar-refractivity contribution is -0.148. The minimum atomic E-state index is -0.308. The fourth-order valence-corrected chi connectivity index (χ4v) is 1.99.